The fourth-order valence-corrected chi connectivity index (χ4v) is 3.65. The lowest BCUT2D eigenvalue weighted by molar-refractivity contribution is -0.132. The van der Waals surface area contributed by atoms with Crippen molar-refractivity contribution in [1.82, 2.24) is 10.2 Å². The third kappa shape index (κ3) is 4.71. The molecule has 0 aliphatic carbocycles. The molecule has 3 rings (SSSR count). The minimum Gasteiger partial charge on any atom is -0.351 e. The number of urea groups is 1. The number of carbonyl (C=O) groups is 2. The summed E-state index contributed by atoms with van der Waals surface area (Å²) in [6.45, 7) is 7.52. The summed E-state index contributed by atoms with van der Waals surface area (Å²) < 4.78 is 0. The van der Waals surface area contributed by atoms with Gasteiger partial charge >= 0.3 is 6.03 Å². The molecule has 1 unspecified atom stereocenters. The van der Waals surface area contributed by atoms with Gasteiger partial charge in [-0.1, -0.05) is 42.5 Å². The number of anilines is 1. The third-order valence-corrected chi connectivity index (χ3v) is 5.46. The summed E-state index contributed by atoms with van der Waals surface area (Å²) in [5.41, 5.74) is 3.45. The van der Waals surface area contributed by atoms with Gasteiger partial charge in [-0.2, -0.15) is 0 Å². The molecule has 1 fully saturated rings. The van der Waals surface area contributed by atoms with Crippen LogP contribution in [0.2, 0.25) is 0 Å². The van der Waals surface area contributed by atoms with Crippen LogP contribution < -0.4 is 10.6 Å². The van der Waals surface area contributed by atoms with Crippen LogP contribution in [0.25, 0.3) is 0 Å². The molecule has 3 amide bonds. The number of nitrogens with one attached hydrogen (secondary N) is 2. The number of carbonyl (C=O) groups excluding carboxylic acids is 2. The lowest BCUT2D eigenvalue weighted by atomic mass is 9.81. The number of rotatable bonds is 4. The molecule has 0 spiro atoms. The predicted octanol–water partition coefficient (Wildman–Crippen LogP) is 4.25. The molecule has 1 atom stereocenters. The van der Waals surface area contributed by atoms with Crippen molar-refractivity contribution in [3.8, 4) is 0 Å². The van der Waals surface area contributed by atoms with Gasteiger partial charge < -0.3 is 15.5 Å². The van der Waals surface area contributed by atoms with Gasteiger partial charge in [0.2, 0.25) is 5.91 Å². The first kappa shape index (κ1) is 19.9. The molecule has 5 nitrogen and oxygen atoms in total. The number of hydrogen-bond donors (Lipinski definition) is 2. The van der Waals surface area contributed by atoms with Crippen LogP contribution >= 0.6 is 0 Å². The van der Waals surface area contributed by atoms with Gasteiger partial charge in [0.25, 0.3) is 0 Å². The molecule has 0 aromatic heterocycles. The number of nitrogens with zero attached hydrogens (tertiary/aromatic N) is 1. The van der Waals surface area contributed by atoms with Crippen LogP contribution in [0.3, 0.4) is 0 Å². The maximum Gasteiger partial charge on any atom is 0.321 e. The standard InChI is InChI=1S/C23H29N3O2/c1-17-10-11-18(2)20(14-17)25-22(28)26-13-7-12-23(3,16-26)21(27)24-15-19-8-5-4-6-9-19/h4-6,8-11,14H,7,12-13,15-16H2,1-3H3,(H,24,27)(H,25,28). The van der Waals surface area contributed by atoms with E-state index in [1.165, 1.54) is 0 Å². The van der Waals surface area contributed by atoms with Crippen LogP contribution in [0.15, 0.2) is 48.5 Å². The van der Waals surface area contributed by atoms with E-state index in [0.29, 0.717) is 19.6 Å². The van der Waals surface area contributed by atoms with Gasteiger partial charge in [0.05, 0.1) is 5.41 Å². The van der Waals surface area contributed by atoms with E-state index in [2.05, 4.69) is 10.6 Å². The Hall–Kier alpha value is -2.82. The maximum absolute atomic E-state index is 12.8. The summed E-state index contributed by atoms with van der Waals surface area (Å²) in [6, 6.07) is 15.7. The average Bonchev–Trinajstić information content (AvgIpc) is 2.69. The Bertz CT molecular complexity index is 850. The number of aryl methyl sites for hydroxylation is 2. The molecular formula is C23H29N3O2. The summed E-state index contributed by atoms with van der Waals surface area (Å²) in [5, 5.41) is 6.05. The van der Waals surface area contributed by atoms with Crippen molar-refractivity contribution in [2.24, 2.45) is 5.41 Å². The quantitative estimate of drug-likeness (QED) is 0.834. The Labute approximate surface area is 167 Å². The Morgan fingerprint density at radius 3 is 2.61 bits per heavy atom. The Morgan fingerprint density at radius 1 is 1.11 bits per heavy atom. The largest absolute Gasteiger partial charge is 0.351 e. The lowest BCUT2D eigenvalue weighted by Gasteiger charge is -2.39. The van der Waals surface area contributed by atoms with Crippen LogP contribution in [-0.2, 0) is 11.3 Å². The Morgan fingerprint density at radius 2 is 1.86 bits per heavy atom. The van der Waals surface area contributed by atoms with E-state index in [9.17, 15) is 9.59 Å². The topological polar surface area (TPSA) is 61.4 Å². The van der Waals surface area contributed by atoms with E-state index in [0.717, 1.165) is 35.2 Å². The second-order valence-corrected chi connectivity index (χ2v) is 8.00. The SMILES string of the molecule is Cc1ccc(C)c(NC(=O)N2CCCC(C)(C(=O)NCc3ccccc3)C2)c1. The molecule has 0 radical (unpaired) electrons. The summed E-state index contributed by atoms with van der Waals surface area (Å²) in [7, 11) is 0. The maximum atomic E-state index is 12.8. The van der Waals surface area contributed by atoms with Crippen LogP contribution in [0.1, 0.15) is 36.5 Å². The lowest BCUT2D eigenvalue weighted by Crippen LogP contribution is -2.52. The highest BCUT2D eigenvalue weighted by Gasteiger charge is 2.39. The highest BCUT2D eigenvalue weighted by Crippen LogP contribution is 2.30. The predicted molar refractivity (Wildman–Crippen MR) is 112 cm³/mol. The van der Waals surface area contributed by atoms with Gasteiger partial charge in [0.15, 0.2) is 0 Å². The molecular weight excluding hydrogens is 350 g/mol. The summed E-state index contributed by atoms with van der Waals surface area (Å²) in [6.07, 6.45) is 1.59. The van der Waals surface area contributed by atoms with Gasteiger partial charge in [-0.3, -0.25) is 4.79 Å². The van der Waals surface area contributed by atoms with Crippen molar-refractivity contribution in [1.29, 1.82) is 0 Å². The van der Waals surface area contributed by atoms with E-state index in [1.807, 2.05) is 69.3 Å². The molecule has 148 valence electrons. The zero-order valence-corrected chi connectivity index (χ0v) is 16.9. The monoisotopic (exact) mass is 379 g/mol. The molecule has 1 saturated heterocycles. The molecule has 1 heterocycles. The van der Waals surface area contributed by atoms with Crippen molar-refractivity contribution in [3.63, 3.8) is 0 Å². The number of hydrogen-bond acceptors (Lipinski definition) is 2. The van der Waals surface area contributed by atoms with Gasteiger partial charge in [-0.15, -0.1) is 0 Å². The van der Waals surface area contributed by atoms with Crippen molar-refractivity contribution < 1.29 is 9.59 Å². The highest BCUT2D eigenvalue weighted by molar-refractivity contribution is 5.91. The second kappa shape index (κ2) is 8.46. The van der Waals surface area contributed by atoms with Gasteiger partial charge in [0, 0.05) is 25.3 Å². The Kier molecular flexibility index (Phi) is 6.02. The summed E-state index contributed by atoms with van der Waals surface area (Å²) in [4.78, 5) is 27.4. The van der Waals surface area contributed by atoms with Crippen LogP contribution in [0, 0.1) is 19.3 Å². The van der Waals surface area contributed by atoms with Crippen LogP contribution in [-0.4, -0.2) is 29.9 Å². The van der Waals surface area contributed by atoms with E-state index in [-0.39, 0.29) is 11.9 Å². The zero-order valence-electron chi connectivity index (χ0n) is 16.9. The minimum absolute atomic E-state index is 0.000546. The second-order valence-electron chi connectivity index (χ2n) is 8.00. The molecule has 28 heavy (non-hydrogen) atoms. The van der Waals surface area contributed by atoms with E-state index in [1.54, 1.807) is 4.90 Å². The first-order valence-electron chi connectivity index (χ1n) is 9.83. The highest BCUT2D eigenvalue weighted by atomic mass is 16.2. The van der Waals surface area contributed by atoms with Gasteiger partial charge in [0.1, 0.15) is 0 Å². The van der Waals surface area contributed by atoms with Crippen molar-refractivity contribution in [2.45, 2.75) is 40.2 Å². The first-order valence-corrected chi connectivity index (χ1v) is 9.83. The van der Waals surface area contributed by atoms with Crippen molar-refractivity contribution >= 4 is 17.6 Å². The molecule has 2 N–H and O–H groups in total. The third-order valence-electron chi connectivity index (χ3n) is 5.46. The average molecular weight is 380 g/mol. The van der Waals surface area contributed by atoms with Crippen molar-refractivity contribution in [3.05, 3.63) is 65.2 Å². The Balaban J connectivity index is 1.62. The fourth-order valence-electron chi connectivity index (χ4n) is 3.65. The van der Waals surface area contributed by atoms with E-state index in [4.69, 9.17) is 0 Å². The number of benzene rings is 2. The fraction of sp³-hybridized carbons (Fsp3) is 0.391. The van der Waals surface area contributed by atoms with Gasteiger partial charge in [-0.25, -0.2) is 4.79 Å². The molecule has 1 aliphatic heterocycles. The summed E-state index contributed by atoms with van der Waals surface area (Å²) in [5.74, 6) is 0.000546. The van der Waals surface area contributed by atoms with E-state index < -0.39 is 5.41 Å². The van der Waals surface area contributed by atoms with Crippen LogP contribution in [0.5, 0.6) is 0 Å². The van der Waals surface area contributed by atoms with Crippen molar-refractivity contribution in [2.75, 3.05) is 18.4 Å². The minimum atomic E-state index is -0.577. The molecule has 5 heteroatoms. The molecule has 2 aromatic rings. The molecule has 0 saturated carbocycles. The summed E-state index contributed by atoms with van der Waals surface area (Å²) >= 11 is 0. The number of likely N-dealkylation sites (tertiary alicyclic amines) is 1. The normalized spacial score (nSPS) is 19.2. The number of amides is 3. The number of piperidine rings is 1. The van der Waals surface area contributed by atoms with E-state index >= 15 is 0 Å². The first-order chi connectivity index (χ1) is 13.4. The van der Waals surface area contributed by atoms with Crippen LogP contribution in [0.4, 0.5) is 10.5 Å². The molecule has 1 aliphatic rings. The smallest absolute Gasteiger partial charge is 0.321 e. The molecule has 2 aromatic carbocycles. The molecule has 0 bridgehead atoms. The zero-order chi connectivity index (χ0) is 20.1. The van der Waals surface area contributed by atoms with Gasteiger partial charge in [-0.05, 0) is 56.4 Å².